The third kappa shape index (κ3) is 3.68. The molecule has 1 aromatic carbocycles. The van der Waals surface area contributed by atoms with Gasteiger partial charge in [0.1, 0.15) is 11.6 Å². The standard InChI is InChI=1S/C14H21FN2O/c1-11(10-17-6-2-3-7-17)16-9-12-8-13(15)4-5-14(12)18/h4-5,8,11,16,18H,2-3,6-7,9-10H2,1H3. The van der Waals surface area contributed by atoms with Crippen molar-refractivity contribution in [3.63, 3.8) is 0 Å². The van der Waals surface area contributed by atoms with E-state index in [4.69, 9.17) is 0 Å². The molecule has 2 rings (SSSR count). The van der Waals surface area contributed by atoms with Crippen molar-refractivity contribution in [2.75, 3.05) is 19.6 Å². The highest BCUT2D eigenvalue weighted by Crippen LogP contribution is 2.17. The molecule has 18 heavy (non-hydrogen) atoms. The van der Waals surface area contributed by atoms with Crippen LogP contribution in [0.2, 0.25) is 0 Å². The molecular weight excluding hydrogens is 231 g/mol. The Bertz CT molecular complexity index is 391. The van der Waals surface area contributed by atoms with Crippen LogP contribution in [0.1, 0.15) is 25.3 Å². The van der Waals surface area contributed by atoms with Gasteiger partial charge in [0.05, 0.1) is 0 Å². The molecule has 0 aromatic heterocycles. The number of nitrogens with zero attached hydrogens (tertiary/aromatic N) is 1. The van der Waals surface area contributed by atoms with Gasteiger partial charge in [-0.25, -0.2) is 4.39 Å². The molecular formula is C14H21FN2O. The van der Waals surface area contributed by atoms with E-state index in [2.05, 4.69) is 17.1 Å². The van der Waals surface area contributed by atoms with Gasteiger partial charge in [0.15, 0.2) is 0 Å². The molecule has 0 saturated carbocycles. The maximum absolute atomic E-state index is 13.1. The highest BCUT2D eigenvalue weighted by atomic mass is 19.1. The summed E-state index contributed by atoms with van der Waals surface area (Å²) in [6, 6.07) is 4.39. The van der Waals surface area contributed by atoms with Crippen molar-refractivity contribution in [2.24, 2.45) is 0 Å². The Morgan fingerprint density at radius 1 is 1.39 bits per heavy atom. The van der Waals surface area contributed by atoms with Crippen molar-refractivity contribution >= 4 is 0 Å². The predicted molar refractivity (Wildman–Crippen MR) is 70.0 cm³/mol. The fourth-order valence-electron chi connectivity index (χ4n) is 2.40. The Morgan fingerprint density at radius 2 is 2.11 bits per heavy atom. The van der Waals surface area contributed by atoms with Crippen LogP contribution in [-0.2, 0) is 6.54 Å². The smallest absolute Gasteiger partial charge is 0.123 e. The van der Waals surface area contributed by atoms with E-state index in [0.717, 1.165) is 6.54 Å². The Morgan fingerprint density at radius 3 is 2.83 bits per heavy atom. The van der Waals surface area contributed by atoms with Crippen LogP contribution in [0.25, 0.3) is 0 Å². The second-order valence-corrected chi connectivity index (χ2v) is 5.06. The minimum Gasteiger partial charge on any atom is -0.508 e. The summed E-state index contributed by atoms with van der Waals surface area (Å²) in [6.07, 6.45) is 2.58. The number of likely N-dealkylation sites (tertiary alicyclic amines) is 1. The van der Waals surface area contributed by atoms with Crippen molar-refractivity contribution in [1.29, 1.82) is 0 Å². The van der Waals surface area contributed by atoms with Gasteiger partial charge in [-0.15, -0.1) is 0 Å². The second kappa shape index (κ2) is 6.16. The van der Waals surface area contributed by atoms with E-state index in [1.54, 1.807) is 0 Å². The Balaban J connectivity index is 1.81. The van der Waals surface area contributed by atoms with Crippen LogP contribution in [-0.4, -0.2) is 35.7 Å². The number of benzene rings is 1. The molecule has 1 heterocycles. The monoisotopic (exact) mass is 252 g/mol. The van der Waals surface area contributed by atoms with E-state index in [-0.39, 0.29) is 11.6 Å². The van der Waals surface area contributed by atoms with Crippen molar-refractivity contribution in [3.8, 4) is 5.75 Å². The van der Waals surface area contributed by atoms with Crippen LogP contribution in [0, 0.1) is 5.82 Å². The lowest BCUT2D eigenvalue weighted by Crippen LogP contribution is -2.37. The van der Waals surface area contributed by atoms with Crippen LogP contribution in [0.4, 0.5) is 4.39 Å². The molecule has 0 bridgehead atoms. The van der Waals surface area contributed by atoms with E-state index in [1.165, 1.54) is 44.1 Å². The molecule has 100 valence electrons. The van der Waals surface area contributed by atoms with E-state index in [1.807, 2.05) is 0 Å². The lowest BCUT2D eigenvalue weighted by Gasteiger charge is -2.21. The maximum Gasteiger partial charge on any atom is 0.123 e. The molecule has 1 atom stereocenters. The zero-order chi connectivity index (χ0) is 13.0. The summed E-state index contributed by atoms with van der Waals surface area (Å²) >= 11 is 0. The van der Waals surface area contributed by atoms with Gasteiger partial charge in [0.25, 0.3) is 0 Å². The number of rotatable bonds is 5. The maximum atomic E-state index is 13.1. The highest BCUT2D eigenvalue weighted by Gasteiger charge is 2.14. The van der Waals surface area contributed by atoms with Crippen molar-refractivity contribution in [1.82, 2.24) is 10.2 Å². The molecule has 0 radical (unpaired) electrons. The molecule has 2 N–H and O–H groups in total. The third-order valence-electron chi connectivity index (χ3n) is 3.41. The molecule has 1 aliphatic rings. The van der Waals surface area contributed by atoms with Crippen LogP contribution >= 0.6 is 0 Å². The summed E-state index contributed by atoms with van der Waals surface area (Å²) < 4.78 is 13.1. The molecule has 1 aromatic rings. The number of halogens is 1. The predicted octanol–water partition coefficient (Wildman–Crippen LogP) is 2.11. The van der Waals surface area contributed by atoms with Gasteiger partial charge in [0, 0.05) is 24.7 Å². The number of hydrogen-bond acceptors (Lipinski definition) is 3. The van der Waals surface area contributed by atoms with Gasteiger partial charge in [-0.2, -0.15) is 0 Å². The van der Waals surface area contributed by atoms with E-state index >= 15 is 0 Å². The summed E-state index contributed by atoms with van der Waals surface area (Å²) in [5.41, 5.74) is 0.614. The second-order valence-electron chi connectivity index (χ2n) is 5.06. The number of nitrogens with one attached hydrogen (secondary N) is 1. The Hall–Kier alpha value is -1.13. The van der Waals surface area contributed by atoms with Gasteiger partial charge in [-0.1, -0.05) is 0 Å². The first-order chi connectivity index (χ1) is 8.65. The van der Waals surface area contributed by atoms with Gasteiger partial charge in [-0.3, -0.25) is 0 Å². The summed E-state index contributed by atoms with van der Waals surface area (Å²) in [4.78, 5) is 2.43. The lowest BCUT2D eigenvalue weighted by molar-refractivity contribution is 0.297. The molecule has 0 spiro atoms. The summed E-state index contributed by atoms with van der Waals surface area (Å²) in [6.45, 7) is 5.98. The normalized spacial score (nSPS) is 18.1. The average molecular weight is 252 g/mol. The molecule has 0 amide bonds. The average Bonchev–Trinajstić information content (AvgIpc) is 2.83. The molecule has 3 nitrogen and oxygen atoms in total. The Labute approximate surface area is 108 Å². The molecule has 1 aliphatic heterocycles. The number of hydrogen-bond donors (Lipinski definition) is 2. The quantitative estimate of drug-likeness (QED) is 0.842. The van der Waals surface area contributed by atoms with Crippen LogP contribution < -0.4 is 5.32 Å². The van der Waals surface area contributed by atoms with Gasteiger partial charge < -0.3 is 15.3 Å². The largest absolute Gasteiger partial charge is 0.508 e. The minimum atomic E-state index is -0.309. The molecule has 0 aliphatic carbocycles. The summed E-state index contributed by atoms with van der Waals surface area (Å²) in [5, 5.41) is 12.9. The molecule has 1 fully saturated rings. The van der Waals surface area contributed by atoms with Gasteiger partial charge in [0.2, 0.25) is 0 Å². The lowest BCUT2D eigenvalue weighted by atomic mass is 10.2. The van der Waals surface area contributed by atoms with Crippen LogP contribution in [0.3, 0.4) is 0 Å². The molecule has 1 saturated heterocycles. The summed E-state index contributed by atoms with van der Waals surface area (Å²) in [7, 11) is 0. The van der Waals surface area contributed by atoms with Crippen LogP contribution in [0.15, 0.2) is 18.2 Å². The number of phenols is 1. The van der Waals surface area contributed by atoms with Crippen molar-refractivity contribution in [3.05, 3.63) is 29.6 Å². The third-order valence-corrected chi connectivity index (χ3v) is 3.41. The molecule has 1 unspecified atom stereocenters. The zero-order valence-electron chi connectivity index (χ0n) is 10.8. The Kier molecular flexibility index (Phi) is 4.55. The fraction of sp³-hybridized carbons (Fsp3) is 0.571. The first kappa shape index (κ1) is 13.3. The van der Waals surface area contributed by atoms with E-state index in [0.29, 0.717) is 18.2 Å². The first-order valence-electron chi connectivity index (χ1n) is 6.58. The van der Waals surface area contributed by atoms with Gasteiger partial charge in [-0.05, 0) is 51.1 Å². The fourth-order valence-corrected chi connectivity index (χ4v) is 2.40. The molecule has 4 heteroatoms. The highest BCUT2D eigenvalue weighted by molar-refractivity contribution is 5.32. The number of aromatic hydroxyl groups is 1. The van der Waals surface area contributed by atoms with Crippen LogP contribution in [0.5, 0.6) is 5.75 Å². The summed E-state index contributed by atoms with van der Waals surface area (Å²) in [5.74, 6) is -0.158. The number of phenolic OH excluding ortho intramolecular Hbond substituents is 1. The van der Waals surface area contributed by atoms with E-state index < -0.39 is 0 Å². The van der Waals surface area contributed by atoms with Crippen molar-refractivity contribution < 1.29 is 9.50 Å². The zero-order valence-corrected chi connectivity index (χ0v) is 10.8. The first-order valence-corrected chi connectivity index (χ1v) is 6.58. The van der Waals surface area contributed by atoms with E-state index in [9.17, 15) is 9.50 Å². The topological polar surface area (TPSA) is 35.5 Å². The van der Waals surface area contributed by atoms with Gasteiger partial charge >= 0.3 is 0 Å². The van der Waals surface area contributed by atoms with Crippen molar-refractivity contribution in [2.45, 2.75) is 32.4 Å². The SMILES string of the molecule is CC(CN1CCCC1)NCc1cc(F)ccc1O. The minimum absolute atomic E-state index is 0.150.